The molecule has 0 saturated carbocycles. The van der Waals surface area contributed by atoms with Crippen LogP contribution in [-0.2, 0) is 16.1 Å². The van der Waals surface area contributed by atoms with E-state index in [1.54, 1.807) is 17.0 Å². The third-order valence-electron chi connectivity index (χ3n) is 5.42. The van der Waals surface area contributed by atoms with E-state index in [0.717, 1.165) is 38.2 Å². The third-order valence-corrected chi connectivity index (χ3v) is 5.42. The Hall–Kier alpha value is -2.44. The molecule has 156 valence electrons. The molecular weight excluding hydrogens is 369 g/mol. The second-order valence-electron chi connectivity index (χ2n) is 7.74. The molecule has 0 radical (unpaired) electrons. The van der Waals surface area contributed by atoms with E-state index in [2.05, 4.69) is 34.1 Å². The Morgan fingerprint density at radius 1 is 1.03 bits per heavy atom. The van der Waals surface area contributed by atoms with Crippen LogP contribution in [0.2, 0.25) is 0 Å². The number of halogens is 1. The minimum absolute atomic E-state index is 0.0236. The number of carbonyl (C=O) groups excluding carboxylic acids is 1. The maximum Gasteiger partial charge on any atom is 0.253 e. The molecule has 0 unspecified atom stereocenters. The zero-order valence-electron chi connectivity index (χ0n) is 17.5. The van der Waals surface area contributed by atoms with Crippen molar-refractivity contribution in [2.24, 2.45) is 0 Å². The molecule has 1 fully saturated rings. The highest BCUT2D eigenvalue weighted by atomic mass is 19.1. The molecule has 2 aromatic carbocycles. The fourth-order valence-corrected chi connectivity index (χ4v) is 3.85. The molecule has 6 heteroatoms. The first-order valence-corrected chi connectivity index (χ1v) is 10.0. The van der Waals surface area contributed by atoms with Crippen molar-refractivity contribution in [3.05, 3.63) is 59.9 Å². The maximum atomic E-state index is 13.3. The molecule has 0 aromatic heterocycles. The zero-order chi connectivity index (χ0) is 20.8. The summed E-state index contributed by atoms with van der Waals surface area (Å²) in [7, 11) is 5.60. The first-order valence-electron chi connectivity index (χ1n) is 10.0. The second kappa shape index (κ2) is 9.85. The molecule has 0 atom stereocenters. The Morgan fingerprint density at radius 3 is 2.17 bits per heavy atom. The molecule has 1 aliphatic rings. The molecule has 1 saturated heterocycles. The molecule has 0 bridgehead atoms. The monoisotopic (exact) mass is 399 g/mol. The second-order valence-corrected chi connectivity index (χ2v) is 7.74. The number of methoxy groups -OCH3 is 1. The molecule has 1 amide bonds. The lowest BCUT2D eigenvalue weighted by Gasteiger charge is -2.38. The Balaban J connectivity index is 1.63. The number of nitrogens with zero attached hydrogens (tertiary/aromatic N) is 3. The molecule has 3 rings (SSSR count). The summed E-state index contributed by atoms with van der Waals surface area (Å²) >= 11 is 0. The van der Waals surface area contributed by atoms with Gasteiger partial charge in [0.05, 0.1) is 0 Å². The van der Waals surface area contributed by atoms with Gasteiger partial charge in [0.2, 0.25) is 0 Å². The summed E-state index contributed by atoms with van der Waals surface area (Å²) in [5.74, 6) is -0.389. The number of piperidine rings is 1. The standard InChI is InChI=1S/C23H30FN3O2/c1-25(2)20-8-4-18(5-9-20)16-26-14-12-22(13-15-26)27(23(28)17-29-3)21-10-6-19(24)7-11-21/h4-11,22H,12-17H2,1-3H3. The Labute approximate surface area is 172 Å². The van der Waals surface area contributed by atoms with Crippen LogP contribution >= 0.6 is 0 Å². The SMILES string of the molecule is COCC(=O)N(c1ccc(F)cc1)C1CCN(Cc2ccc(N(C)C)cc2)CC1. The number of rotatable bonds is 7. The molecule has 0 N–H and O–H groups in total. The van der Waals surface area contributed by atoms with Crippen molar-refractivity contribution < 1.29 is 13.9 Å². The van der Waals surface area contributed by atoms with E-state index in [9.17, 15) is 9.18 Å². The summed E-state index contributed by atoms with van der Waals surface area (Å²) in [6, 6.07) is 14.9. The van der Waals surface area contributed by atoms with Gasteiger partial charge in [-0.1, -0.05) is 12.1 Å². The fourth-order valence-electron chi connectivity index (χ4n) is 3.85. The predicted octanol–water partition coefficient (Wildman–Crippen LogP) is 3.54. The number of amides is 1. The zero-order valence-corrected chi connectivity index (χ0v) is 17.5. The average molecular weight is 400 g/mol. The lowest BCUT2D eigenvalue weighted by atomic mass is 10.0. The average Bonchev–Trinajstić information content (AvgIpc) is 2.71. The van der Waals surface area contributed by atoms with Crippen molar-refractivity contribution >= 4 is 17.3 Å². The van der Waals surface area contributed by atoms with Crippen molar-refractivity contribution in [2.45, 2.75) is 25.4 Å². The van der Waals surface area contributed by atoms with E-state index in [4.69, 9.17) is 4.74 Å². The van der Waals surface area contributed by atoms with Gasteiger partial charge in [-0.2, -0.15) is 0 Å². The van der Waals surface area contributed by atoms with Crippen molar-refractivity contribution in [1.82, 2.24) is 4.90 Å². The number of hydrogen-bond donors (Lipinski definition) is 0. The van der Waals surface area contributed by atoms with Gasteiger partial charge in [-0.3, -0.25) is 9.69 Å². The van der Waals surface area contributed by atoms with Crippen LogP contribution < -0.4 is 9.80 Å². The van der Waals surface area contributed by atoms with Gasteiger partial charge in [-0.25, -0.2) is 4.39 Å². The van der Waals surface area contributed by atoms with Gasteiger partial charge >= 0.3 is 0 Å². The van der Waals surface area contributed by atoms with Crippen LogP contribution in [0.4, 0.5) is 15.8 Å². The van der Waals surface area contributed by atoms with Crippen molar-refractivity contribution in [1.29, 1.82) is 0 Å². The highest BCUT2D eigenvalue weighted by Gasteiger charge is 2.29. The molecule has 5 nitrogen and oxygen atoms in total. The number of anilines is 2. The van der Waals surface area contributed by atoms with Crippen LogP contribution in [0.15, 0.2) is 48.5 Å². The van der Waals surface area contributed by atoms with Gasteiger partial charge < -0.3 is 14.5 Å². The van der Waals surface area contributed by atoms with E-state index in [-0.39, 0.29) is 24.4 Å². The van der Waals surface area contributed by atoms with Crippen molar-refractivity contribution in [3.63, 3.8) is 0 Å². The number of likely N-dealkylation sites (tertiary alicyclic amines) is 1. The molecule has 1 heterocycles. The Morgan fingerprint density at radius 2 is 1.62 bits per heavy atom. The third kappa shape index (κ3) is 5.55. The van der Waals surface area contributed by atoms with E-state index in [0.29, 0.717) is 0 Å². The van der Waals surface area contributed by atoms with Crippen LogP contribution in [0.1, 0.15) is 18.4 Å². The lowest BCUT2D eigenvalue weighted by molar-refractivity contribution is -0.122. The van der Waals surface area contributed by atoms with Gasteiger partial charge in [0.1, 0.15) is 12.4 Å². The Bertz CT molecular complexity index is 785. The summed E-state index contributed by atoms with van der Waals surface area (Å²) < 4.78 is 18.4. The molecule has 2 aromatic rings. The van der Waals surface area contributed by atoms with Crippen LogP contribution in [0.3, 0.4) is 0 Å². The number of carbonyl (C=O) groups is 1. The lowest BCUT2D eigenvalue weighted by Crippen LogP contribution is -2.48. The van der Waals surface area contributed by atoms with Crippen molar-refractivity contribution in [2.75, 3.05) is 50.7 Å². The van der Waals surface area contributed by atoms with E-state index < -0.39 is 0 Å². The summed E-state index contributed by atoms with van der Waals surface area (Å²) in [6.45, 7) is 2.76. The van der Waals surface area contributed by atoms with Crippen LogP contribution in [-0.4, -0.2) is 57.8 Å². The first kappa shape index (κ1) is 21.3. The van der Waals surface area contributed by atoms with Gasteiger partial charge in [-0.05, 0) is 54.8 Å². The summed E-state index contributed by atoms with van der Waals surface area (Å²) in [4.78, 5) is 19.0. The largest absolute Gasteiger partial charge is 0.378 e. The Kier molecular flexibility index (Phi) is 7.23. The highest BCUT2D eigenvalue weighted by molar-refractivity contribution is 5.94. The summed E-state index contributed by atoms with van der Waals surface area (Å²) in [6.07, 6.45) is 1.76. The van der Waals surface area contributed by atoms with Gasteiger partial charge in [0.15, 0.2) is 0 Å². The minimum atomic E-state index is -0.303. The molecule has 29 heavy (non-hydrogen) atoms. The van der Waals surface area contributed by atoms with E-state index >= 15 is 0 Å². The molecule has 1 aliphatic heterocycles. The van der Waals surface area contributed by atoms with Crippen LogP contribution in [0.25, 0.3) is 0 Å². The van der Waals surface area contributed by atoms with E-state index in [1.165, 1.54) is 30.5 Å². The molecule has 0 spiro atoms. The number of benzene rings is 2. The normalized spacial score (nSPS) is 15.3. The minimum Gasteiger partial charge on any atom is -0.378 e. The summed E-state index contributed by atoms with van der Waals surface area (Å²) in [5, 5.41) is 0. The van der Waals surface area contributed by atoms with E-state index in [1.807, 2.05) is 14.1 Å². The maximum absolute atomic E-state index is 13.3. The molecule has 0 aliphatic carbocycles. The van der Waals surface area contributed by atoms with Gasteiger partial charge in [0.25, 0.3) is 5.91 Å². The van der Waals surface area contributed by atoms with Crippen molar-refractivity contribution in [3.8, 4) is 0 Å². The number of hydrogen-bond acceptors (Lipinski definition) is 4. The highest BCUT2D eigenvalue weighted by Crippen LogP contribution is 2.25. The van der Waals surface area contributed by atoms with Crippen LogP contribution in [0, 0.1) is 5.82 Å². The molecular formula is C23H30FN3O2. The van der Waals surface area contributed by atoms with Gasteiger partial charge in [0, 0.05) is 58.3 Å². The quantitative estimate of drug-likeness (QED) is 0.714. The smallest absolute Gasteiger partial charge is 0.253 e. The summed E-state index contributed by atoms with van der Waals surface area (Å²) in [5.41, 5.74) is 3.21. The van der Waals surface area contributed by atoms with Crippen LogP contribution in [0.5, 0.6) is 0 Å². The fraction of sp³-hybridized carbons (Fsp3) is 0.435. The van der Waals surface area contributed by atoms with Gasteiger partial charge in [-0.15, -0.1) is 0 Å². The number of ether oxygens (including phenoxy) is 1. The first-order chi connectivity index (χ1) is 14.0. The predicted molar refractivity (Wildman–Crippen MR) is 115 cm³/mol. The topological polar surface area (TPSA) is 36.0 Å².